The maximum atomic E-state index is 3.95. The minimum Gasteiger partial charge on any atom is -0.333 e. The number of benzene rings is 7. The number of anilines is 5. The van der Waals surface area contributed by atoms with E-state index < -0.39 is 0 Å². The summed E-state index contributed by atoms with van der Waals surface area (Å²) in [6, 6.07) is 65.7. The van der Waals surface area contributed by atoms with E-state index in [1.54, 1.807) is 0 Å². The van der Waals surface area contributed by atoms with Crippen molar-refractivity contribution in [2.45, 2.75) is 18.4 Å². The lowest BCUT2D eigenvalue weighted by atomic mass is 9.73. The molecule has 9 rings (SSSR count). The van der Waals surface area contributed by atoms with E-state index >= 15 is 0 Å². The number of rotatable bonds is 8. The van der Waals surface area contributed by atoms with Crippen molar-refractivity contribution in [2.75, 3.05) is 9.80 Å². The van der Waals surface area contributed by atoms with Crippen molar-refractivity contribution >= 4 is 40.1 Å². The summed E-state index contributed by atoms with van der Waals surface area (Å²) in [6.45, 7) is 6.36. The zero-order valence-corrected chi connectivity index (χ0v) is 29.8. The summed E-state index contributed by atoms with van der Waals surface area (Å²) in [4.78, 5) is 4.90. The number of hydrogen-bond acceptors (Lipinski definition) is 2. The third kappa shape index (κ3) is 5.89. The number of nitrogens with zero attached hydrogens (tertiary/aromatic N) is 2. The maximum absolute atomic E-state index is 3.95. The van der Waals surface area contributed by atoms with Gasteiger partial charge in [0.1, 0.15) is 0 Å². The van der Waals surface area contributed by atoms with Crippen LogP contribution in [0, 0.1) is 0 Å². The van der Waals surface area contributed by atoms with Gasteiger partial charge in [0, 0.05) is 33.9 Å². The molecule has 0 fully saturated rings. The van der Waals surface area contributed by atoms with Crippen LogP contribution in [0.5, 0.6) is 0 Å². The molecular formula is C51H40N2. The van der Waals surface area contributed by atoms with Crippen LogP contribution in [-0.4, -0.2) is 6.04 Å². The highest BCUT2D eigenvalue weighted by atomic mass is 15.2. The minimum absolute atomic E-state index is 0.120. The van der Waals surface area contributed by atoms with Gasteiger partial charge in [-0.05, 0) is 106 Å². The lowest BCUT2D eigenvalue weighted by Crippen LogP contribution is -2.39. The van der Waals surface area contributed by atoms with Gasteiger partial charge in [-0.3, -0.25) is 0 Å². The van der Waals surface area contributed by atoms with Gasteiger partial charge < -0.3 is 9.80 Å². The fraction of sp³-hybridized carbons (Fsp3) is 0.0588. The van der Waals surface area contributed by atoms with Gasteiger partial charge >= 0.3 is 0 Å². The fourth-order valence-electron chi connectivity index (χ4n) is 8.09. The molecule has 2 nitrogen and oxygen atoms in total. The third-order valence-corrected chi connectivity index (χ3v) is 10.9. The average Bonchev–Trinajstić information content (AvgIpc) is 3.49. The van der Waals surface area contributed by atoms with Crippen LogP contribution < -0.4 is 9.80 Å². The first kappa shape index (κ1) is 32.3. The highest BCUT2D eigenvalue weighted by molar-refractivity contribution is 5.88. The Labute approximate surface area is 312 Å². The molecule has 2 unspecified atom stereocenters. The summed E-state index contributed by atoms with van der Waals surface area (Å²) in [5, 5.41) is 0. The largest absolute Gasteiger partial charge is 0.333 e. The van der Waals surface area contributed by atoms with Gasteiger partial charge in [-0.15, -0.1) is 0 Å². The SMILES string of the molecule is C=Cc1ccc(C2=CC3(C)c4cc(N(c5ccc(-c6ccccc6)cc5)c5ccc(-c6ccccc6)cc5)ccc4N(c4ccccc4)C3C=C2)cc1. The Kier molecular flexibility index (Phi) is 8.21. The van der Waals surface area contributed by atoms with Crippen LogP contribution in [0.1, 0.15) is 23.6 Å². The van der Waals surface area contributed by atoms with Crippen LogP contribution in [0.15, 0.2) is 207 Å². The molecule has 0 radical (unpaired) electrons. The van der Waals surface area contributed by atoms with Crippen LogP contribution in [0.25, 0.3) is 33.9 Å². The first-order valence-corrected chi connectivity index (χ1v) is 18.3. The Balaban J connectivity index is 1.19. The molecule has 2 atom stereocenters. The molecule has 0 bridgehead atoms. The molecule has 0 spiro atoms. The number of fused-ring (bicyclic) bond motifs is 3. The number of hydrogen-bond donors (Lipinski definition) is 0. The zero-order valence-electron chi connectivity index (χ0n) is 29.8. The molecule has 2 aliphatic rings. The standard InChI is InChI=1S/C51H40N2/c1-3-37-19-21-42(22-20-37)43-27-34-50-51(2,36-43)48-35-47(32-33-49(48)53(50)44-17-11-6-12-18-44)52(45-28-23-40(24-29-45)38-13-7-4-8-14-38)46-30-25-41(26-31-46)39-15-9-5-10-16-39/h3-36,50H,1H2,2H3. The first-order valence-electron chi connectivity index (χ1n) is 18.3. The number of allylic oxidation sites excluding steroid dienone is 2. The van der Waals surface area contributed by atoms with Crippen LogP contribution in [0.3, 0.4) is 0 Å². The molecule has 0 aromatic heterocycles. The third-order valence-electron chi connectivity index (χ3n) is 10.9. The Morgan fingerprint density at radius 2 is 1.04 bits per heavy atom. The topological polar surface area (TPSA) is 6.48 Å². The quantitative estimate of drug-likeness (QED) is 0.158. The second-order valence-corrected chi connectivity index (χ2v) is 14.1. The van der Waals surface area contributed by atoms with Gasteiger partial charge in [-0.1, -0.05) is 158 Å². The van der Waals surface area contributed by atoms with E-state index in [-0.39, 0.29) is 11.5 Å². The van der Waals surface area contributed by atoms with Crippen molar-refractivity contribution in [3.63, 3.8) is 0 Å². The molecule has 1 heterocycles. The summed E-state index contributed by atoms with van der Waals surface area (Å²) in [6.07, 6.45) is 9.08. The van der Waals surface area contributed by atoms with Crippen molar-refractivity contribution in [3.05, 3.63) is 223 Å². The molecule has 7 aromatic rings. The van der Waals surface area contributed by atoms with E-state index in [0.29, 0.717) is 0 Å². The fourth-order valence-corrected chi connectivity index (χ4v) is 8.09. The molecule has 2 heteroatoms. The van der Waals surface area contributed by atoms with E-state index in [1.807, 2.05) is 6.08 Å². The molecule has 7 aromatic carbocycles. The Morgan fingerprint density at radius 3 is 1.58 bits per heavy atom. The van der Waals surface area contributed by atoms with Gasteiger partial charge in [-0.25, -0.2) is 0 Å². The van der Waals surface area contributed by atoms with Crippen molar-refractivity contribution in [1.29, 1.82) is 0 Å². The van der Waals surface area contributed by atoms with E-state index in [0.717, 1.165) is 22.6 Å². The molecule has 0 saturated carbocycles. The van der Waals surface area contributed by atoms with Crippen LogP contribution in [0.2, 0.25) is 0 Å². The van der Waals surface area contributed by atoms with Gasteiger partial charge in [0.2, 0.25) is 0 Å². The second-order valence-electron chi connectivity index (χ2n) is 14.1. The molecular weight excluding hydrogens is 641 g/mol. The van der Waals surface area contributed by atoms with Crippen molar-refractivity contribution in [3.8, 4) is 22.3 Å². The molecule has 1 aliphatic carbocycles. The summed E-state index contributed by atoms with van der Waals surface area (Å²) in [7, 11) is 0. The Bertz CT molecular complexity index is 2360. The summed E-state index contributed by atoms with van der Waals surface area (Å²) >= 11 is 0. The monoisotopic (exact) mass is 680 g/mol. The van der Waals surface area contributed by atoms with E-state index in [2.05, 4.69) is 224 Å². The predicted molar refractivity (Wildman–Crippen MR) is 225 cm³/mol. The smallest absolute Gasteiger partial charge is 0.0655 e. The van der Waals surface area contributed by atoms with Crippen molar-refractivity contribution in [1.82, 2.24) is 0 Å². The minimum atomic E-state index is -0.289. The molecule has 0 N–H and O–H groups in total. The van der Waals surface area contributed by atoms with Crippen LogP contribution >= 0.6 is 0 Å². The molecule has 53 heavy (non-hydrogen) atoms. The summed E-state index contributed by atoms with van der Waals surface area (Å²) in [5.41, 5.74) is 15.2. The molecule has 1 aliphatic heterocycles. The zero-order chi connectivity index (χ0) is 35.8. The second kappa shape index (κ2) is 13.5. The van der Waals surface area contributed by atoms with Gasteiger partial charge in [0.25, 0.3) is 0 Å². The van der Waals surface area contributed by atoms with E-state index in [9.17, 15) is 0 Å². The van der Waals surface area contributed by atoms with Crippen LogP contribution in [0.4, 0.5) is 28.4 Å². The maximum Gasteiger partial charge on any atom is 0.0655 e. The van der Waals surface area contributed by atoms with E-state index in [1.165, 1.54) is 50.3 Å². The van der Waals surface area contributed by atoms with E-state index in [4.69, 9.17) is 0 Å². The van der Waals surface area contributed by atoms with Gasteiger partial charge in [-0.2, -0.15) is 0 Å². The van der Waals surface area contributed by atoms with Gasteiger partial charge in [0.05, 0.1) is 6.04 Å². The Morgan fingerprint density at radius 1 is 0.547 bits per heavy atom. The number of para-hydroxylation sites is 1. The average molecular weight is 681 g/mol. The van der Waals surface area contributed by atoms with Gasteiger partial charge in [0.15, 0.2) is 0 Å². The first-order chi connectivity index (χ1) is 26.1. The molecule has 0 amide bonds. The highest BCUT2D eigenvalue weighted by Gasteiger charge is 2.47. The predicted octanol–water partition coefficient (Wildman–Crippen LogP) is 13.6. The molecule has 0 saturated heterocycles. The van der Waals surface area contributed by atoms with Crippen molar-refractivity contribution in [2.24, 2.45) is 0 Å². The van der Waals surface area contributed by atoms with Crippen LogP contribution in [-0.2, 0) is 5.41 Å². The van der Waals surface area contributed by atoms with Crippen molar-refractivity contribution < 1.29 is 0 Å². The highest BCUT2D eigenvalue weighted by Crippen LogP contribution is 2.54. The lowest BCUT2D eigenvalue weighted by Gasteiger charge is -2.36. The summed E-state index contributed by atoms with van der Waals surface area (Å²) < 4.78 is 0. The molecule has 254 valence electrons. The summed E-state index contributed by atoms with van der Waals surface area (Å²) in [5.74, 6) is 0. The lowest BCUT2D eigenvalue weighted by molar-refractivity contribution is 0.553. The Hall–Kier alpha value is -6.64. The normalized spacial score (nSPS) is 17.1.